The van der Waals surface area contributed by atoms with Crippen LogP contribution in [0.3, 0.4) is 0 Å². The molecule has 4 heteroatoms. The second kappa shape index (κ2) is 6.73. The molecule has 0 aliphatic carbocycles. The van der Waals surface area contributed by atoms with Crippen LogP contribution in [0.5, 0.6) is 5.75 Å². The van der Waals surface area contributed by atoms with E-state index < -0.39 is 0 Å². The van der Waals surface area contributed by atoms with Gasteiger partial charge in [0.05, 0.1) is 7.11 Å². The minimum atomic E-state index is 0.854. The topological polar surface area (TPSA) is 47.0 Å². The van der Waals surface area contributed by atoms with Crippen LogP contribution in [0.4, 0.5) is 5.82 Å². The lowest BCUT2D eigenvalue weighted by Gasteiger charge is -2.07. The third kappa shape index (κ3) is 3.95. The van der Waals surface area contributed by atoms with Crippen LogP contribution in [0.25, 0.3) is 0 Å². The molecule has 1 N–H and O–H groups in total. The van der Waals surface area contributed by atoms with Crippen LogP contribution in [0, 0.1) is 0 Å². The van der Waals surface area contributed by atoms with E-state index in [9.17, 15) is 0 Å². The molecule has 0 atom stereocenters. The van der Waals surface area contributed by atoms with Crippen molar-refractivity contribution in [1.82, 2.24) is 9.97 Å². The largest absolute Gasteiger partial charge is 0.497 e. The monoisotopic (exact) mass is 257 g/mol. The van der Waals surface area contributed by atoms with Gasteiger partial charge >= 0.3 is 0 Å². The van der Waals surface area contributed by atoms with Gasteiger partial charge in [0.15, 0.2) is 0 Å². The zero-order chi connectivity index (χ0) is 13.5. The minimum Gasteiger partial charge on any atom is -0.497 e. The van der Waals surface area contributed by atoms with E-state index in [4.69, 9.17) is 4.74 Å². The highest BCUT2D eigenvalue weighted by Gasteiger charge is 1.98. The number of nitrogens with zero attached hydrogens (tertiary/aromatic N) is 2. The zero-order valence-corrected chi connectivity index (χ0v) is 11.4. The van der Waals surface area contributed by atoms with Gasteiger partial charge in [0.1, 0.15) is 17.9 Å². The van der Waals surface area contributed by atoms with Gasteiger partial charge in [-0.2, -0.15) is 0 Å². The highest BCUT2D eigenvalue weighted by atomic mass is 16.5. The van der Waals surface area contributed by atoms with Crippen LogP contribution in [0.15, 0.2) is 36.7 Å². The molecule has 1 aromatic heterocycles. The van der Waals surface area contributed by atoms with E-state index in [0.717, 1.165) is 36.6 Å². The van der Waals surface area contributed by atoms with Crippen molar-refractivity contribution in [1.29, 1.82) is 0 Å². The Bertz CT molecular complexity index is 511. The average Bonchev–Trinajstić information content (AvgIpc) is 2.48. The molecular weight excluding hydrogens is 238 g/mol. The highest BCUT2D eigenvalue weighted by Crippen LogP contribution is 2.12. The van der Waals surface area contributed by atoms with Crippen molar-refractivity contribution in [3.05, 3.63) is 47.9 Å². The molecule has 0 aliphatic heterocycles. The fraction of sp³-hybridized carbons (Fsp3) is 0.333. The van der Waals surface area contributed by atoms with Gasteiger partial charge in [-0.1, -0.05) is 19.1 Å². The van der Waals surface area contributed by atoms with Gasteiger partial charge in [-0.05, 0) is 30.5 Å². The van der Waals surface area contributed by atoms with Crippen LogP contribution in [0.1, 0.15) is 18.2 Å². The van der Waals surface area contributed by atoms with Crippen molar-refractivity contribution in [2.75, 3.05) is 19.0 Å². The lowest BCUT2D eigenvalue weighted by molar-refractivity contribution is 0.414. The first-order valence-corrected chi connectivity index (χ1v) is 6.49. The molecule has 0 spiro atoms. The maximum Gasteiger partial charge on any atom is 0.129 e. The Morgan fingerprint density at radius 1 is 1.16 bits per heavy atom. The van der Waals surface area contributed by atoms with Crippen molar-refractivity contribution >= 4 is 5.82 Å². The SMILES string of the molecule is CCc1cc(NCCc2ccc(OC)cc2)ncn1. The predicted octanol–water partition coefficient (Wildman–Crippen LogP) is 2.70. The molecule has 0 fully saturated rings. The Labute approximate surface area is 113 Å². The number of nitrogens with one attached hydrogen (secondary N) is 1. The fourth-order valence-corrected chi connectivity index (χ4v) is 1.81. The number of anilines is 1. The van der Waals surface area contributed by atoms with Crippen molar-refractivity contribution in [2.45, 2.75) is 19.8 Å². The molecule has 0 aliphatic rings. The van der Waals surface area contributed by atoms with E-state index in [1.54, 1.807) is 13.4 Å². The molecule has 4 nitrogen and oxygen atoms in total. The molecule has 2 rings (SSSR count). The molecule has 0 saturated carbocycles. The highest BCUT2D eigenvalue weighted by molar-refractivity contribution is 5.35. The summed E-state index contributed by atoms with van der Waals surface area (Å²) >= 11 is 0. The minimum absolute atomic E-state index is 0.854. The van der Waals surface area contributed by atoms with E-state index in [-0.39, 0.29) is 0 Å². The standard InChI is InChI=1S/C15H19N3O/c1-3-13-10-15(18-11-17-13)16-9-8-12-4-6-14(19-2)7-5-12/h4-7,10-11H,3,8-9H2,1-2H3,(H,16,17,18). The first-order chi connectivity index (χ1) is 9.31. The lowest BCUT2D eigenvalue weighted by atomic mass is 10.1. The molecule has 1 aromatic carbocycles. The number of aromatic nitrogens is 2. The molecule has 0 saturated heterocycles. The lowest BCUT2D eigenvalue weighted by Crippen LogP contribution is -2.07. The summed E-state index contributed by atoms with van der Waals surface area (Å²) in [6.07, 6.45) is 3.49. The zero-order valence-electron chi connectivity index (χ0n) is 11.4. The number of rotatable bonds is 6. The van der Waals surface area contributed by atoms with Gasteiger partial charge in [0.25, 0.3) is 0 Å². The van der Waals surface area contributed by atoms with E-state index in [1.807, 2.05) is 18.2 Å². The first-order valence-electron chi connectivity index (χ1n) is 6.49. The van der Waals surface area contributed by atoms with Gasteiger partial charge in [0.2, 0.25) is 0 Å². The van der Waals surface area contributed by atoms with Gasteiger partial charge < -0.3 is 10.1 Å². The maximum atomic E-state index is 5.14. The first kappa shape index (κ1) is 13.3. The number of aryl methyl sites for hydroxylation is 1. The molecule has 0 amide bonds. The summed E-state index contributed by atoms with van der Waals surface area (Å²) in [4.78, 5) is 8.38. The summed E-state index contributed by atoms with van der Waals surface area (Å²) in [5, 5.41) is 3.31. The van der Waals surface area contributed by atoms with E-state index in [1.165, 1.54) is 5.56 Å². The summed E-state index contributed by atoms with van der Waals surface area (Å²) < 4.78 is 5.14. The average molecular weight is 257 g/mol. The van der Waals surface area contributed by atoms with Crippen molar-refractivity contribution in [2.24, 2.45) is 0 Å². The smallest absolute Gasteiger partial charge is 0.129 e. The second-order valence-corrected chi connectivity index (χ2v) is 4.27. The molecule has 19 heavy (non-hydrogen) atoms. The van der Waals surface area contributed by atoms with Gasteiger partial charge in [-0.15, -0.1) is 0 Å². The van der Waals surface area contributed by atoms with Gasteiger partial charge in [-0.3, -0.25) is 0 Å². The Kier molecular flexibility index (Phi) is 4.72. The normalized spacial score (nSPS) is 10.2. The van der Waals surface area contributed by atoms with Crippen LogP contribution in [-0.4, -0.2) is 23.6 Å². The quantitative estimate of drug-likeness (QED) is 0.864. The van der Waals surface area contributed by atoms with Crippen molar-refractivity contribution in [3.8, 4) is 5.75 Å². The summed E-state index contributed by atoms with van der Waals surface area (Å²) in [6, 6.07) is 10.1. The third-order valence-electron chi connectivity index (χ3n) is 2.96. The molecule has 2 aromatic rings. The van der Waals surface area contributed by atoms with E-state index in [0.29, 0.717) is 0 Å². The molecule has 0 bridgehead atoms. The summed E-state index contributed by atoms with van der Waals surface area (Å²) in [7, 11) is 1.68. The van der Waals surface area contributed by atoms with Gasteiger partial charge in [0, 0.05) is 18.3 Å². The van der Waals surface area contributed by atoms with Crippen molar-refractivity contribution < 1.29 is 4.74 Å². The fourth-order valence-electron chi connectivity index (χ4n) is 1.81. The molecular formula is C15H19N3O. The number of hydrogen-bond acceptors (Lipinski definition) is 4. The third-order valence-corrected chi connectivity index (χ3v) is 2.96. The molecule has 0 radical (unpaired) electrons. The van der Waals surface area contributed by atoms with Crippen LogP contribution in [0.2, 0.25) is 0 Å². The summed E-state index contributed by atoms with van der Waals surface area (Å²) in [6.45, 7) is 2.94. The second-order valence-electron chi connectivity index (χ2n) is 4.27. The Hall–Kier alpha value is -2.10. The Morgan fingerprint density at radius 2 is 1.95 bits per heavy atom. The molecule has 1 heterocycles. The van der Waals surface area contributed by atoms with Crippen LogP contribution >= 0.6 is 0 Å². The number of methoxy groups -OCH3 is 1. The summed E-state index contributed by atoms with van der Waals surface area (Å²) in [5.41, 5.74) is 2.33. The Balaban J connectivity index is 1.85. The van der Waals surface area contributed by atoms with E-state index in [2.05, 4.69) is 34.3 Å². The molecule has 100 valence electrons. The number of hydrogen-bond donors (Lipinski definition) is 1. The summed E-state index contributed by atoms with van der Waals surface area (Å²) in [5.74, 6) is 1.78. The van der Waals surface area contributed by atoms with Crippen molar-refractivity contribution in [3.63, 3.8) is 0 Å². The van der Waals surface area contributed by atoms with Crippen LogP contribution < -0.4 is 10.1 Å². The molecule has 0 unspecified atom stereocenters. The maximum absolute atomic E-state index is 5.14. The number of benzene rings is 1. The van der Waals surface area contributed by atoms with Gasteiger partial charge in [-0.25, -0.2) is 9.97 Å². The van der Waals surface area contributed by atoms with Crippen LogP contribution in [-0.2, 0) is 12.8 Å². The number of ether oxygens (including phenoxy) is 1. The predicted molar refractivity (Wildman–Crippen MR) is 76.6 cm³/mol. The van der Waals surface area contributed by atoms with E-state index >= 15 is 0 Å². The Morgan fingerprint density at radius 3 is 2.63 bits per heavy atom.